The number of halogens is 2. The molecule has 2 N–H and O–H groups in total. The molecule has 2 aromatic heterocycles. The molecule has 0 saturated carbocycles. The fourth-order valence-corrected chi connectivity index (χ4v) is 2.69. The molecule has 2 aromatic rings. The first-order chi connectivity index (χ1) is 9.33. The number of amides is 1. The normalized spacial score (nSPS) is 16.7. The molecule has 1 fully saturated rings. The third kappa shape index (κ3) is 4.34. The summed E-state index contributed by atoms with van der Waals surface area (Å²) in [4.78, 5) is 25.1. The summed E-state index contributed by atoms with van der Waals surface area (Å²) in [5, 5.41) is 6.86. The Morgan fingerprint density at radius 2 is 2.05 bits per heavy atom. The number of hydrogen-bond donors (Lipinski definition) is 2. The van der Waals surface area contributed by atoms with E-state index in [4.69, 9.17) is 0 Å². The lowest BCUT2D eigenvalue weighted by atomic mass is 10.2. The zero-order valence-electron chi connectivity index (χ0n) is 11.0. The molecule has 1 aliphatic rings. The Bertz CT molecular complexity index is 574. The maximum atomic E-state index is 12.0. The van der Waals surface area contributed by atoms with Crippen molar-refractivity contribution in [1.29, 1.82) is 0 Å². The minimum absolute atomic E-state index is 0. The van der Waals surface area contributed by atoms with Gasteiger partial charge in [0.05, 0.1) is 6.20 Å². The molecule has 0 radical (unpaired) electrons. The molecule has 1 saturated heterocycles. The molecule has 6 nitrogen and oxygen atoms in total. The highest BCUT2D eigenvalue weighted by atomic mass is 35.5. The second-order valence-electron chi connectivity index (χ2n) is 4.27. The van der Waals surface area contributed by atoms with E-state index in [9.17, 15) is 4.79 Å². The van der Waals surface area contributed by atoms with Gasteiger partial charge in [0.25, 0.3) is 5.91 Å². The van der Waals surface area contributed by atoms with Crippen LogP contribution in [-0.4, -0.2) is 40.0 Å². The van der Waals surface area contributed by atoms with Gasteiger partial charge in [0.15, 0.2) is 10.8 Å². The average Bonchev–Trinajstić information content (AvgIpc) is 3.10. The van der Waals surface area contributed by atoms with Gasteiger partial charge in [-0.15, -0.1) is 36.2 Å². The van der Waals surface area contributed by atoms with Crippen LogP contribution >= 0.6 is 36.2 Å². The summed E-state index contributed by atoms with van der Waals surface area (Å²) in [6, 6.07) is 1.96. The molecule has 0 aromatic carbocycles. The van der Waals surface area contributed by atoms with Crippen molar-refractivity contribution in [2.75, 3.05) is 13.1 Å². The summed E-state index contributed by atoms with van der Waals surface area (Å²) in [5.41, 5.74) is 0. The predicted molar refractivity (Wildman–Crippen MR) is 86.4 cm³/mol. The minimum atomic E-state index is -0.0756. The van der Waals surface area contributed by atoms with Gasteiger partial charge in [-0.1, -0.05) is 0 Å². The van der Waals surface area contributed by atoms with Crippen LogP contribution in [0.1, 0.15) is 16.1 Å². The van der Waals surface area contributed by atoms with E-state index in [1.807, 2.05) is 0 Å². The number of hydrogen-bond acceptors (Lipinski definition) is 6. The standard InChI is InChI=1S/C12H13N5OS.2ClH/c18-11(17-8-2-5-13-6-8)9-7-16-12(19-9)10-14-3-1-4-15-10;;/h1,3-4,7-8,13H,2,5-6H2,(H,17,18);2*1H. The van der Waals surface area contributed by atoms with Crippen molar-refractivity contribution >= 4 is 42.1 Å². The molecular weight excluding hydrogens is 333 g/mol. The Labute approximate surface area is 138 Å². The number of rotatable bonds is 3. The Morgan fingerprint density at radius 1 is 1.29 bits per heavy atom. The van der Waals surface area contributed by atoms with Crippen molar-refractivity contribution in [1.82, 2.24) is 25.6 Å². The van der Waals surface area contributed by atoms with Gasteiger partial charge in [0.2, 0.25) is 0 Å². The second kappa shape index (κ2) is 8.23. The zero-order valence-corrected chi connectivity index (χ0v) is 13.4. The van der Waals surface area contributed by atoms with Gasteiger partial charge in [-0.05, 0) is 19.0 Å². The van der Waals surface area contributed by atoms with Gasteiger partial charge in [0.1, 0.15) is 4.88 Å². The van der Waals surface area contributed by atoms with Crippen LogP contribution < -0.4 is 10.6 Å². The minimum Gasteiger partial charge on any atom is -0.347 e. The molecule has 114 valence electrons. The quantitative estimate of drug-likeness (QED) is 0.880. The van der Waals surface area contributed by atoms with Crippen molar-refractivity contribution in [2.24, 2.45) is 0 Å². The molecule has 3 heterocycles. The number of carbonyl (C=O) groups is 1. The lowest BCUT2D eigenvalue weighted by Gasteiger charge is -2.09. The number of nitrogens with zero attached hydrogens (tertiary/aromatic N) is 3. The van der Waals surface area contributed by atoms with E-state index in [1.165, 1.54) is 11.3 Å². The first-order valence-electron chi connectivity index (χ1n) is 6.08. The third-order valence-corrected chi connectivity index (χ3v) is 3.87. The maximum Gasteiger partial charge on any atom is 0.263 e. The Hall–Kier alpha value is -1.28. The smallest absolute Gasteiger partial charge is 0.263 e. The molecule has 1 amide bonds. The van der Waals surface area contributed by atoms with E-state index in [0.717, 1.165) is 19.5 Å². The predicted octanol–water partition coefficient (Wildman–Crippen LogP) is 1.54. The first kappa shape index (κ1) is 17.8. The van der Waals surface area contributed by atoms with Crippen LogP contribution in [0.3, 0.4) is 0 Å². The molecule has 21 heavy (non-hydrogen) atoms. The van der Waals surface area contributed by atoms with E-state index < -0.39 is 0 Å². The van der Waals surface area contributed by atoms with E-state index in [1.54, 1.807) is 24.7 Å². The zero-order chi connectivity index (χ0) is 13.1. The maximum absolute atomic E-state index is 12.0. The highest BCUT2D eigenvalue weighted by Gasteiger charge is 2.19. The molecular formula is C12H15Cl2N5OS. The third-order valence-electron chi connectivity index (χ3n) is 2.88. The van der Waals surface area contributed by atoms with E-state index in [2.05, 4.69) is 25.6 Å². The molecule has 0 spiro atoms. The van der Waals surface area contributed by atoms with Crippen molar-refractivity contribution in [3.8, 4) is 10.8 Å². The van der Waals surface area contributed by atoms with Crippen LogP contribution in [0.15, 0.2) is 24.7 Å². The Balaban J connectivity index is 0.00000110. The molecule has 0 bridgehead atoms. The number of carbonyl (C=O) groups excluding carboxylic acids is 1. The topological polar surface area (TPSA) is 79.8 Å². The summed E-state index contributed by atoms with van der Waals surface area (Å²) < 4.78 is 0. The van der Waals surface area contributed by atoms with Crippen LogP contribution in [0.2, 0.25) is 0 Å². The van der Waals surface area contributed by atoms with Crippen molar-refractivity contribution in [3.05, 3.63) is 29.5 Å². The van der Waals surface area contributed by atoms with Gasteiger partial charge in [-0.3, -0.25) is 4.79 Å². The van der Waals surface area contributed by atoms with Crippen molar-refractivity contribution < 1.29 is 4.79 Å². The summed E-state index contributed by atoms with van der Waals surface area (Å²) in [7, 11) is 0. The summed E-state index contributed by atoms with van der Waals surface area (Å²) >= 11 is 1.31. The van der Waals surface area contributed by atoms with E-state index in [-0.39, 0.29) is 36.8 Å². The fourth-order valence-electron chi connectivity index (χ4n) is 1.93. The van der Waals surface area contributed by atoms with Crippen LogP contribution in [0.25, 0.3) is 10.8 Å². The van der Waals surface area contributed by atoms with Crippen LogP contribution in [0.4, 0.5) is 0 Å². The largest absolute Gasteiger partial charge is 0.347 e. The lowest BCUT2D eigenvalue weighted by molar-refractivity contribution is 0.0944. The summed E-state index contributed by atoms with van der Waals surface area (Å²) in [5.74, 6) is 0.475. The highest BCUT2D eigenvalue weighted by Crippen LogP contribution is 2.21. The van der Waals surface area contributed by atoms with Crippen LogP contribution in [0, 0.1) is 0 Å². The molecule has 1 atom stereocenters. The van der Waals surface area contributed by atoms with Gasteiger partial charge < -0.3 is 10.6 Å². The molecule has 0 aliphatic carbocycles. The Kier molecular flexibility index (Phi) is 6.97. The van der Waals surface area contributed by atoms with E-state index >= 15 is 0 Å². The van der Waals surface area contributed by atoms with Gasteiger partial charge >= 0.3 is 0 Å². The molecule has 9 heteroatoms. The number of nitrogens with one attached hydrogen (secondary N) is 2. The summed E-state index contributed by atoms with van der Waals surface area (Å²) in [6.07, 6.45) is 5.87. The monoisotopic (exact) mass is 347 g/mol. The van der Waals surface area contributed by atoms with E-state index in [0.29, 0.717) is 15.7 Å². The van der Waals surface area contributed by atoms with Crippen molar-refractivity contribution in [2.45, 2.75) is 12.5 Å². The van der Waals surface area contributed by atoms with Gasteiger partial charge in [-0.25, -0.2) is 15.0 Å². The van der Waals surface area contributed by atoms with Crippen molar-refractivity contribution in [3.63, 3.8) is 0 Å². The second-order valence-corrected chi connectivity index (χ2v) is 5.30. The number of aromatic nitrogens is 3. The van der Waals surface area contributed by atoms with Gasteiger partial charge in [-0.2, -0.15) is 0 Å². The molecule has 1 unspecified atom stereocenters. The summed E-state index contributed by atoms with van der Waals surface area (Å²) in [6.45, 7) is 1.79. The average molecular weight is 348 g/mol. The molecule has 1 aliphatic heterocycles. The molecule has 3 rings (SSSR count). The lowest BCUT2D eigenvalue weighted by Crippen LogP contribution is -2.35. The SMILES string of the molecule is Cl.Cl.O=C(NC1CCNC1)c1cnc(-c2ncccn2)s1. The first-order valence-corrected chi connectivity index (χ1v) is 6.89. The van der Waals surface area contributed by atoms with Crippen LogP contribution in [0.5, 0.6) is 0 Å². The number of thiazole rings is 1. The Morgan fingerprint density at radius 3 is 2.71 bits per heavy atom. The van der Waals surface area contributed by atoms with Gasteiger partial charge in [0, 0.05) is 25.0 Å². The highest BCUT2D eigenvalue weighted by molar-refractivity contribution is 7.16. The fraction of sp³-hybridized carbons (Fsp3) is 0.333. The van der Waals surface area contributed by atoms with Crippen LogP contribution in [-0.2, 0) is 0 Å².